The van der Waals surface area contributed by atoms with Crippen LogP contribution < -0.4 is 5.32 Å². The molecule has 4 nitrogen and oxygen atoms in total. The first-order chi connectivity index (χ1) is 9.27. The van der Waals surface area contributed by atoms with Crippen molar-refractivity contribution >= 4 is 63.9 Å². The van der Waals surface area contributed by atoms with Crippen molar-refractivity contribution in [2.45, 2.75) is 9.96 Å². The van der Waals surface area contributed by atoms with Crippen LogP contribution in [0.15, 0.2) is 29.3 Å². The molecule has 0 saturated carbocycles. The molecule has 1 rings (SSSR count). The van der Waals surface area contributed by atoms with Crippen LogP contribution in [0.4, 0.5) is 14.9 Å². The number of anilines is 1. The van der Waals surface area contributed by atoms with Gasteiger partial charge in [-0.25, -0.2) is 14.2 Å². The summed E-state index contributed by atoms with van der Waals surface area (Å²) in [6.45, 7) is 0. The van der Waals surface area contributed by atoms with Crippen LogP contribution >= 0.6 is 47.0 Å². The third-order valence-corrected chi connectivity index (χ3v) is 2.96. The number of amides is 2. The Morgan fingerprint density at radius 3 is 2.60 bits per heavy atom. The minimum absolute atomic E-state index is 0.00116. The highest BCUT2D eigenvalue weighted by Gasteiger charge is 2.38. The molecule has 1 aromatic carbocycles. The van der Waals surface area contributed by atoms with Crippen LogP contribution in [0.2, 0.25) is 0 Å². The van der Waals surface area contributed by atoms with E-state index in [0.717, 1.165) is 4.90 Å². The summed E-state index contributed by atoms with van der Waals surface area (Å²) in [6.07, 6.45) is -1.18. The Labute approximate surface area is 135 Å². The zero-order valence-corrected chi connectivity index (χ0v) is 13.2. The monoisotopic (exact) mass is 355 g/mol. The lowest BCUT2D eigenvalue weighted by molar-refractivity contribution is 0.206. The Morgan fingerprint density at radius 1 is 1.50 bits per heavy atom. The highest BCUT2D eigenvalue weighted by Crippen LogP contribution is 2.33. The Balaban J connectivity index is 2.91. The van der Waals surface area contributed by atoms with E-state index in [2.05, 4.69) is 22.5 Å². The highest BCUT2D eigenvalue weighted by molar-refractivity contribution is 7.78. The quantitative estimate of drug-likeness (QED) is 0.504. The molecule has 9 heteroatoms. The van der Waals surface area contributed by atoms with Gasteiger partial charge in [-0.1, -0.05) is 46.9 Å². The number of alkyl halides is 3. The van der Waals surface area contributed by atoms with Crippen molar-refractivity contribution in [3.8, 4) is 0 Å². The molecular weight excluding hydrogens is 348 g/mol. The molecule has 1 N–H and O–H groups in total. The van der Waals surface area contributed by atoms with Gasteiger partial charge in [0.05, 0.1) is 10.8 Å². The summed E-state index contributed by atoms with van der Waals surface area (Å²) >= 11 is 21.6. The highest BCUT2D eigenvalue weighted by atomic mass is 35.6. The molecule has 20 heavy (non-hydrogen) atoms. The number of urea groups is 1. The molecule has 0 bridgehead atoms. The van der Waals surface area contributed by atoms with Gasteiger partial charge in [0.2, 0.25) is 3.79 Å². The first-order valence-corrected chi connectivity index (χ1v) is 6.73. The third kappa shape index (κ3) is 4.58. The van der Waals surface area contributed by atoms with E-state index in [1.807, 2.05) is 5.16 Å². The third-order valence-electron chi connectivity index (χ3n) is 2.27. The summed E-state index contributed by atoms with van der Waals surface area (Å²) in [5, 5.41) is 4.38. The van der Waals surface area contributed by atoms with Gasteiger partial charge in [-0.2, -0.15) is 0 Å². The number of carbonyl (C=O) groups is 1. The van der Waals surface area contributed by atoms with E-state index in [9.17, 15) is 9.18 Å². The van der Waals surface area contributed by atoms with Crippen molar-refractivity contribution in [2.24, 2.45) is 4.99 Å². The van der Waals surface area contributed by atoms with Crippen LogP contribution in [-0.2, 0) is 0 Å². The van der Waals surface area contributed by atoms with E-state index in [4.69, 9.17) is 34.8 Å². The first kappa shape index (κ1) is 17.1. The molecule has 0 spiro atoms. The average molecular weight is 357 g/mol. The van der Waals surface area contributed by atoms with E-state index < -0.39 is 21.8 Å². The van der Waals surface area contributed by atoms with Gasteiger partial charge in [0.1, 0.15) is 5.82 Å². The van der Waals surface area contributed by atoms with Gasteiger partial charge >= 0.3 is 6.03 Å². The molecule has 2 amide bonds. The lowest BCUT2D eigenvalue weighted by Crippen LogP contribution is -2.45. The number of nitrogens with one attached hydrogen (secondary N) is 1. The second kappa shape index (κ2) is 7.20. The second-order valence-corrected chi connectivity index (χ2v) is 6.21. The molecular formula is C11H9Cl3FN3OS. The Kier molecular flexibility index (Phi) is 6.17. The average Bonchev–Trinajstić information content (AvgIpc) is 2.36. The van der Waals surface area contributed by atoms with Gasteiger partial charge in [-0.15, -0.1) is 0 Å². The summed E-state index contributed by atoms with van der Waals surface area (Å²) in [7, 11) is 1.33. The minimum Gasteiger partial charge on any atom is -0.305 e. The summed E-state index contributed by atoms with van der Waals surface area (Å²) in [5.74, 6) is -0.585. The molecule has 0 aromatic heterocycles. The standard InChI is InChI=1S/C11H9Cl3FN3OS/c1-18(9(16-6-20)11(12,13)14)10(19)17-8-5-3-2-4-7(8)15/h2-5,9H,1H3,(H,17,19). The number of hydrogen-bond donors (Lipinski definition) is 1. The number of para-hydroxylation sites is 1. The Hall–Kier alpha value is -0.910. The van der Waals surface area contributed by atoms with E-state index in [-0.39, 0.29) is 5.69 Å². The molecule has 0 saturated heterocycles. The first-order valence-electron chi connectivity index (χ1n) is 5.19. The molecule has 1 unspecified atom stereocenters. The molecule has 1 atom stereocenters. The van der Waals surface area contributed by atoms with Crippen LogP contribution in [0.1, 0.15) is 0 Å². The van der Waals surface area contributed by atoms with Crippen molar-refractivity contribution in [2.75, 3.05) is 12.4 Å². The van der Waals surface area contributed by atoms with Crippen molar-refractivity contribution in [3.05, 3.63) is 30.1 Å². The smallest absolute Gasteiger partial charge is 0.305 e. The molecule has 0 aliphatic carbocycles. The Bertz CT molecular complexity index is 546. The van der Waals surface area contributed by atoms with Crippen molar-refractivity contribution < 1.29 is 9.18 Å². The zero-order valence-electron chi connectivity index (χ0n) is 10.1. The molecule has 0 radical (unpaired) electrons. The molecule has 0 fully saturated rings. The normalized spacial score (nSPS) is 12.2. The van der Waals surface area contributed by atoms with Crippen LogP contribution in [0, 0.1) is 5.82 Å². The van der Waals surface area contributed by atoms with Crippen LogP contribution in [-0.4, -0.2) is 33.1 Å². The fourth-order valence-electron chi connectivity index (χ4n) is 1.31. The lowest BCUT2D eigenvalue weighted by Gasteiger charge is -2.29. The fraction of sp³-hybridized carbons (Fsp3) is 0.273. The number of hydrogen-bond acceptors (Lipinski definition) is 3. The van der Waals surface area contributed by atoms with Crippen molar-refractivity contribution in [1.82, 2.24) is 4.90 Å². The largest absolute Gasteiger partial charge is 0.323 e. The van der Waals surface area contributed by atoms with E-state index in [0.29, 0.717) is 0 Å². The molecule has 0 aliphatic rings. The Morgan fingerprint density at radius 2 is 2.10 bits per heavy atom. The molecule has 0 heterocycles. The topological polar surface area (TPSA) is 44.7 Å². The number of isothiocyanates is 1. The maximum Gasteiger partial charge on any atom is 0.323 e. The van der Waals surface area contributed by atoms with Gasteiger partial charge in [0.25, 0.3) is 0 Å². The van der Waals surface area contributed by atoms with Crippen LogP contribution in [0.25, 0.3) is 0 Å². The maximum atomic E-state index is 13.4. The lowest BCUT2D eigenvalue weighted by atomic mass is 10.3. The number of carbonyl (C=O) groups excluding carboxylic acids is 1. The van der Waals surface area contributed by atoms with E-state index in [1.54, 1.807) is 6.07 Å². The number of benzene rings is 1. The van der Waals surface area contributed by atoms with Gasteiger partial charge in [-0.3, -0.25) is 0 Å². The van der Waals surface area contributed by atoms with Gasteiger partial charge < -0.3 is 10.2 Å². The number of thiocarbonyl (C=S) groups is 1. The molecule has 108 valence electrons. The second-order valence-electron chi connectivity index (χ2n) is 3.66. The van der Waals surface area contributed by atoms with Crippen LogP contribution in [0.5, 0.6) is 0 Å². The van der Waals surface area contributed by atoms with Crippen molar-refractivity contribution in [3.63, 3.8) is 0 Å². The maximum absolute atomic E-state index is 13.4. The number of rotatable bonds is 3. The predicted molar refractivity (Wildman–Crippen MR) is 82.3 cm³/mol. The number of halogens is 4. The molecule has 0 aliphatic heterocycles. The van der Waals surface area contributed by atoms with Gasteiger partial charge in [0, 0.05) is 7.05 Å². The van der Waals surface area contributed by atoms with Gasteiger partial charge in [0.15, 0.2) is 6.17 Å². The van der Waals surface area contributed by atoms with E-state index in [1.165, 1.54) is 25.2 Å². The zero-order chi connectivity index (χ0) is 15.3. The fourth-order valence-corrected chi connectivity index (χ4v) is 1.99. The number of aliphatic imine (C=N–C) groups is 1. The summed E-state index contributed by atoms with van der Waals surface area (Å²) in [4.78, 5) is 16.6. The van der Waals surface area contributed by atoms with Crippen molar-refractivity contribution in [1.29, 1.82) is 0 Å². The van der Waals surface area contributed by atoms with Gasteiger partial charge in [-0.05, 0) is 24.4 Å². The predicted octanol–water partition coefficient (Wildman–Crippen LogP) is 4.09. The van der Waals surface area contributed by atoms with E-state index >= 15 is 0 Å². The number of nitrogens with zero attached hydrogens (tertiary/aromatic N) is 2. The summed E-state index contributed by atoms with van der Waals surface area (Å²) in [6, 6.07) is 4.96. The SMILES string of the molecule is CN(C(=O)Nc1ccccc1F)C(N=C=S)C(Cl)(Cl)Cl. The minimum atomic E-state index is -1.90. The summed E-state index contributed by atoms with van der Waals surface area (Å²) in [5.41, 5.74) is -0.00116. The van der Waals surface area contributed by atoms with Crippen LogP contribution in [0.3, 0.4) is 0 Å². The molecule has 1 aromatic rings. The summed E-state index contributed by atoms with van der Waals surface area (Å²) < 4.78 is 11.5.